The van der Waals surface area contributed by atoms with Gasteiger partial charge in [-0.1, -0.05) is 82.0 Å². The van der Waals surface area contributed by atoms with Crippen LogP contribution in [0.25, 0.3) is 5.57 Å². The van der Waals surface area contributed by atoms with Crippen molar-refractivity contribution < 1.29 is 15.3 Å². The minimum absolute atomic E-state index is 0.377. The molecule has 3 heteroatoms. The van der Waals surface area contributed by atoms with E-state index in [-0.39, 0.29) is 0 Å². The minimum Gasteiger partial charge on any atom is -0.393 e. The fourth-order valence-electron chi connectivity index (χ4n) is 4.51. The molecule has 33 heavy (non-hydrogen) atoms. The maximum absolute atomic E-state index is 10.2. The van der Waals surface area contributed by atoms with Crippen molar-refractivity contribution in [3.63, 3.8) is 0 Å². The van der Waals surface area contributed by atoms with E-state index < -0.39 is 17.8 Å². The van der Waals surface area contributed by atoms with E-state index in [2.05, 4.69) is 49.9 Å². The van der Waals surface area contributed by atoms with E-state index in [1.54, 1.807) is 0 Å². The molecule has 1 aliphatic rings. The van der Waals surface area contributed by atoms with Crippen molar-refractivity contribution in [3.8, 4) is 0 Å². The maximum Gasteiger partial charge on any atom is 0.0811 e. The summed E-state index contributed by atoms with van der Waals surface area (Å²) in [6.45, 7) is 10.0. The lowest BCUT2D eigenvalue weighted by atomic mass is 9.85. The molecule has 1 saturated carbocycles. The lowest BCUT2D eigenvalue weighted by Crippen LogP contribution is -2.26. The number of hydrogen-bond acceptors (Lipinski definition) is 3. The van der Waals surface area contributed by atoms with Crippen molar-refractivity contribution in [2.24, 2.45) is 0 Å². The maximum atomic E-state index is 10.2. The average Bonchev–Trinajstić information content (AvgIpc) is 2.75. The lowest BCUT2D eigenvalue weighted by molar-refractivity contribution is 0.0680. The number of aryl methyl sites for hydroxylation is 1. The first-order chi connectivity index (χ1) is 15.7. The molecule has 0 heterocycles. The molecule has 1 fully saturated rings. The SMILES string of the molecule is C=C1/C(=C\C=C(/CCCCCC)c2cccc(CCCCCC(C)(C)O)c2)C[C@@H](O)C[C@@H]1O. The summed E-state index contributed by atoms with van der Waals surface area (Å²) in [7, 11) is 0. The first-order valence-electron chi connectivity index (χ1n) is 13.0. The lowest BCUT2D eigenvalue weighted by Gasteiger charge is -2.26. The molecule has 0 spiro atoms. The third-order valence-electron chi connectivity index (χ3n) is 6.60. The Morgan fingerprint density at radius 1 is 1.09 bits per heavy atom. The molecule has 0 bridgehead atoms. The molecule has 0 aromatic heterocycles. The average molecular weight is 455 g/mol. The second-order valence-corrected chi connectivity index (χ2v) is 10.4. The number of benzene rings is 1. The van der Waals surface area contributed by atoms with Crippen molar-refractivity contribution in [1.29, 1.82) is 0 Å². The van der Waals surface area contributed by atoms with Crippen LogP contribution < -0.4 is 0 Å². The molecular weight excluding hydrogens is 408 g/mol. The Labute approximate surface area is 201 Å². The summed E-state index contributed by atoms with van der Waals surface area (Å²) >= 11 is 0. The number of aliphatic hydroxyl groups excluding tert-OH is 2. The Balaban J connectivity index is 2.11. The third-order valence-corrected chi connectivity index (χ3v) is 6.60. The number of allylic oxidation sites excluding steroid dienone is 3. The molecule has 2 rings (SSSR count). The molecule has 0 radical (unpaired) electrons. The van der Waals surface area contributed by atoms with E-state index in [1.807, 2.05) is 13.8 Å². The molecule has 3 nitrogen and oxygen atoms in total. The van der Waals surface area contributed by atoms with Crippen LogP contribution in [0, 0.1) is 0 Å². The zero-order valence-corrected chi connectivity index (χ0v) is 21.2. The molecule has 184 valence electrons. The van der Waals surface area contributed by atoms with Gasteiger partial charge in [-0.3, -0.25) is 0 Å². The van der Waals surface area contributed by atoms with Crippen LogP contribution in [0.4, 0.5) is 0 Å². The van der Waals surface area contributed by atoms with Crippen molar-refractivity contribution in [1.82, 2.24) is 0 Å². The highest BCUT2D eigenvalue weighted by atomic mass is 16.3. The standard InChI is InChI=1S/C30H46O3/c1-5-6-7-10-15-25(17-18-26-21-28(31)22-29(32)23(26)2)27-16-12-14-24(20-27)13-9-8-11-19-30(3,4)33/h12,14,16-18,20,28-29,31-33H,2,5-11,13,15,19,21-22H2,1,3-4H3/b25-17+,26-18-/t28-,29+/m1/s1. The number of rotatable bonds is 13. The molecular formula is C30H46O3. The topological polar surface area (TPSA) is 60.7 Å². The summed E-state index contributed by atoms with van der Waals surface area (Å²) in [5, 5.41) is 30.1. The highest BCUT2D eigenvalue weighted by Gasteiger charge is 2.24. The zero-order valence-electron chi connectivity index (χ0n) is 21.2. The van der Waals surface area contributed by atoms with Crippen molar-refractivity contribution in [3.05, 3.63) is 65.3 Å². The molecule has 0 saturated heterocycles. The van der Waals surface area contributed by atoms with Crippen LogP contribution in [0.3, 0.4) is 0 Å². The second kappa shape index (κ2) is 13.9. The number of unbranched alkanes of at least 4 members (excludes halogenated alkanes) is 5. The van der Waals surface area contributed by atoms with Crippen LogP contribution in [0.5, 0.6) is 0 Å². The molecule has 1 aromatic rings. The van der Waals surface area contributed by atoms with Crippen LogP contribution in [0.15, 0.2) is 54.1 Å². The van der Waals surface area contributed by atoms with Crippen LogP contribution in [-0.2, 0) is 6.42 Å². The van der Waals surface area contributed by atoms with Gasteiger partial charge < -0.3 is 15.3 Å². The monoisotopic (exact) mass is 454 g/mol. The molecule has 0 aliphatic heterocycles. The van der Waals surface area contributed by atoms with E-state index in [4.69, 9.17) is 0 Å². The van der Waals surface area contributed by atoms with E-state index in [0.29, 0.717) is 12.8 Å². The number of hydrogen-bond donors (Lipinski definition) is 3. The van der Waals surface area contributed by atoms with E-state index in [9.17, 15) is 15.3 Å². The normalized spacial score (nSPS) is 21.1. The smallest absolute Gasteiger partial charge is 0.0811 e. The van der Waals surface area contributed by atoms with Gasteiger partial charge in [-0.15, -0.1) is 0 Å². The third kappa shape index (κ3) is 10.4. The van der Waals surface area contributed by atoms with Crippen LogP contribution in [0.2, 0.25) is 0 Å². The number of aliphatic hydroxyl groups is 3. The fourth-order valence-corrected chi connectivity index (χ4v) is 4.51. The van der Waals surface area contributed by atoms with Crippen molar-refractivity contribution >= 4 is 5.57 Å². The molecule has 1 aliphatic carbocycles. The molecule has 0 amide bonds. The summed E-state index contributed by atoms with van der Waals surface area (Å²) in [6.07, 6.45) is 15.1. The largest absolute Gasteiger partial charge is 0.393 e. The van der Waals surface area contributed by atoms with E-state index >= 15 is 0 Å². The predicted molar refractivity (Wildman–Crippen MR) is 140 cm³/mol. The van der Waals surface area contributed by atoms with Gasteiger partial charge in [-0.2, -0.15) is 0 Å². The van der Waals surface area contributed by atoms with Gasteiger partial charge in [-0.05, 0) is 80.2 Å². The highest BCUT2D eigenvalue weighted by molar-refractivity contribution is 5.68. The van der Waals surface area contributed by atoms with Gasteiger partial charge in [-0.25, -0.2) is 0 Å². The Morgan fingerprint density at radius 2 is 1.85 bits per heavy atom. The summed E-state index contributed by atoms with van der Waals surface area (Å²) in [4.78, 5) is 0. The van der Waals surface area contributed by atoms with E-state index in [1.165, 1.54) is 36.0 Å². The van der Waals surface area contributed by atoms with Crippen molar-refractivity contribution in [2.45, 2.75) is 116 Å². The fraction of sp³-hybridized carbons (Fsp3) is 0.600. The Bertz CT molecular complexity index is 797. The van der Waals surface area contributed by atoms with Gasteiger partial charge in [0.25, 0.3) is 0 Å². The van der Waals surface area contributed by atoms with E-state index in [0.717, 1.165) is 56.1 Å². The van der Waals surface area contributed by atoms with Crippen molar-refractivity contribution in [2.75, 3.05) is 0 Å². The van der Waals surface area contributed by atoms with Gasteiger partial charge in [0.1, 0.15) is 0 Å². The van der Waals surface area contributed by atoms with Gasteiger partial charge in [0.05, 0.1) is 17.8 Å². The van der Waals surface area contributed by atoms with Gasteiger partial charge in [0.2, 0.25) is 0 Å². The first kappa shape index (κ1) is 27.6. The quantitative estimate of drug-likeness (QED) is 0.284. The summed E-state index contributed by atoms with van der Waals surface area (Å²) in [6, 6.07) is 8.88. The Morgan fingerprint density at radius 3 is 2.58 bits per heavy atom. The highest BCUT2D eigenvalue weighted by Crippen LogP contribution is 2.30. The predicted octanol–water partition coefficient (Wildman–Crippen LogP) is 6.91. The molecule has 0 unspecified atom stereocenters. The van der Waals surface area contributed by atoms with Gasteiger partial charge in [0, 0.05) is 6.42 Å². The van der Waals surface area contributed by atoms with Crippen LogP contribution in [0.1, 0.15) is 103 Å². The van der Waals surface area contributed by atoms with Crippen LogP contribution in [-0.4, -0.2) is 33.1 Å². The van der Waals surface area contributed by atoms with Crippen LogP contribution >= 0.6 is 0 Å². The summed E-state index contributed by atoms with van der Waals surface area (Å²) in [5.74, 6) is 0. The Kier molecular flexibility index (Phi) is 11.6. The summed E-state index contributed by atoms with van der Waals surface area (Å²) in [5.41, 5.74) is 5.05. The first-order valence-corrected chi connectivity index (χ1v) is 13.0. The Hall–Kier alpha value is -1.68. The second-order valence-electron chi connectivity index (χ2n) is 10.4. The summed E-state index contributed by atoms with van der Waals surface area (Å²) < 4.78 is 0. The minimum atomic E-state index is -0.652. The van der Waals surface area contributed by atoms with Gasteiger partial charge >= 0.3 is 0 Å². The van der Waals surface area contributed by atoms with Gasteiger partial charge in [0.15, 0.2) is 0 Å². The zero-order chi connectivity index (χ0) is 24.3. The molecule has 3 N–H and O–H groups in total. The molecule has 2 atom stereocenters. The molecule has 1 aromatic carbocycles.